The number of carbonyl (C=O) groups excluding carboxylic acids is 1. The summed E-state index contributed by atoms with van der Waals surface area (Å²) in [5.74, 6) is 0.445. The van der Waals surface area contributed by atoms with Gasteiger partial charge in [-0.25, -0.2) is 13.4 Å². The fourth-order valence-corrected chi connectivity index (χ4v) is 4.37. The van der Waals surface area contributed by atoms with Gasteiger partial charge in [-0.05, 0) is 43.3 Å². The summed E-state index contributed by atoms with van der Waals surface area (Å²) in [7, 11) is -3.60. The first-order valence-electron chi connectivity index (χ1n) is 8.55. The fraction of sp³-hybridized carbons (Fsp3) is 0.333. The van der Waals surface area contributed by atoms with Gasteiger partial charge in [0.15, 0.2) is 0 Å². The number of nitrogens with zero attached hydrogens (tertiary/aromatic N) is 3. The van der Waals surface area contributed by atoms with Crippen molar-refractivity contribution in [2.75, 3.05) is 32.8 Å². The Morgan fingerprint density at radius 2 is 1.78 bits per heavy atom. The van der Waals surface area contributed by atoms with Gasteiger partial charge >= 0.3 is 0 Å². The number of pyridine rings is 1. The summed E-state index contributed by atoms with van der Waals surface area (Å²) >= 11 is 5.74. The van der Waals surface area contributed by atoms with Crippen molar-refractivity contribution in [1.29, 1.82) is 0 Å². The van der Waals surface area contributed by atoms with E-state index < -0.39 is 10.0 Å². The van der Waals surface area contributed by atoms with Crippen molar-refractivity contribution in [3.8, 4) is 5.75 Å². The minimum atomic E-state index is -3.60. The van der Waals surface area contributed by atoms with Gasteiger partial charge in [-0.15, -0.1) is 0 Å². The van der Waals surface area contributed by atoms with E-state index in [1.165, 1.54) is 22.6 Å². The first-order chi connectivity index (χ1) is 12.9. The highest BCUT2D eigenvalue weighted by atomic mass is 35.5. The Bertz CT molecular complexity index is 893. The molecule has 1 aromatic heterocycles. The number of hydrogen-bond acceptors (Lipinski definition) is 5. The van der Waals surface area contributed by atoms with Crippen LogP contribution in [-0.4, -0.2) is 61.3 Å². The van der Waals surface area contributed by atoms with Crippen molar-refractivity contribution in [2.24, 2.45) is 0 Å². The summed E-state index contributed by atoms with van der Waals surface area (Å²) in [5.41, 5.74) is 0.433. The molecule has 1 amide bonds. The van der Waals surface area contributed by atoms with Crippen LogP contribution in [0.5, 0.6) is 5.75 Å². The maximum absolute atomic E-state index is 12.8. The molecule has 9 heteroatoms. The molecule has 2 heterocycles. The van der Waals surface area contributed by atoms with Crippen LogP contribution in [-0.2, 0) is 10.0 Å². The van der Waals surface area contributed by atoms with Crippen LogP contribution < -0.4 is 4.74 Å². The number of aromatic nitrogens is 1. The number of piperazine rings is 1. The molecule has 1 aromatic carbocycles. The maximum atomic E-state index is 12.8. The van der Waals surface area contributed by atoms with E-state index in [1.807, 2.05) is 6.92 Å². The number of amides is 1. The van der Waals surface area contributed by atoms with Crippen molar-refractivity contribution in [3.63, 3.8) is 0 Å². The number of benzene rings is 1. The van der Waals surface area contributed by atoms with Gasteiger partial charge in [0.1, 0.15) is 10.9 Å². The topological polar surface area (TPSA) is 79.8 Å². The predicted octanol–water partition coefficient (Wildman–Crippen LogP) is 2.28. The van der Waals surface area contributed by atoms with E-state index in [1.54, 1.807) is 29.2 Å². The molecule has 144 valence electrons. The number of rotatable bonds is 5. The third-order valence-electron chi connectivity index (χ3n) is 4.27. The number of halogens is 1. The molecule has 1 aliphatic rings. The van der Waals surface area contributed by atoms with Crippen LogP contribution in [0.1, 0.15) is 17.3 Å². The van der Waals surface area contributed by atoms with E-state index in [0.29, 0.717) is 36.2 Å². The van der Waals surface area contributed by atoms with Crippen molar-refractivity contribution >= 4 is 27.5 Å². The van der Waals surface area contributed by atoms with Crippen molar-refractivity contribution in [2.45, 2.75) is 11.8 Å². The third-order valence-corrected chi connectivity index (χ3v) is 6.41. The highest BCUT2D eigenvalue weighted by molar-refractivity contribution is 7.89. The summed E-state index contributed by atoms with van der Waals surface area (Å²) in [6, 6.07) is 9.53. The average molecular weight is 410 g/mol. The van der Waals surface area contributed by atoms with Gasteiger partial charge in [0.25, 0.3) is 5.91 Å². The lowest BCUT2D eigenvalue weighted by Crippen LogP contribution is -2.50. The zero-order valence-electron chi connectivity index (χ0n) is 14.8. The Balaban J connectivity index is 1.65. The average Bonchev–Trinajstić information content (AvgIpc) is 2.69. The zero-order valence-corrected chi connectivity index (χ0v) is 16.4. The van der Waals surface area contributed by atoms with Crippen molar-refractivity contribution in [1.82, 2.24) is 14.2 Å². The number of carbonyl (C=O) groups is 1. The molecule has 1 aliphatic heterocycles. The molecule has 0 bridgehead atoms. The van der Waals surface area contributed by atoms with Gasteiger partial charge in [0.2, 0.25) is 10.0 Å². The van der Waals surface area contributed by atoms with Crippen LogP contribution in [0, 0.1) is 0 Å². The highest BCUT2D eigenvalue weighted by Crippen LogP contribution is 2.21. The number of ether oxygens (including phenoxy) is 1. The molecule has 0 aliphatic carbocycles. The Morgan fingerprint density at radius 1 is 1.11 bits per heavy atom. The molecule has 3 rings (SSSR count). The summed E-state index contributed by atoms with van der Waals surface area (Å²) in [6.07, 6.45) is 1.42. The van der Waals surface area contributed by atoms with Gasteiger partial charge in [0, 0.05) is 32.4 Å². The van der Waals surface area contributed by atoms with Crippen LogP contribution in [0.3, 0.4) is 0 Å². The Morgan fingerprint density at radius 3 is 2.33 bits per heavy atom. The second-order valence-corrected chi connectivity index (χ2v) is 8.30. The van der Waals surface area contributed by atoms with Crippen LogP contribution in [0.25, 0.3) is 0 Å². The van der Waals surface area contributed by atoms with Crippen molar-refractivity contribution in [3.05, 3.63) is 53.3 Å². The third kappa shape index (κ3) is 4.40. The molecule has 0 radical (unpaired) electrons. The molecule has 2 aromatic rings. The van der Waals surface area contributed by atoms with Crippen LogP contribution in [0.15, 0.2) is 47.5 Å². The predicted molar refractivity (Wildman–Crippen MR) is 102 cm³/mol. The second-order valence-electron chi connectivity index (χ2n) is 5.97. The minimum Gasteiger partial charge on any atom is -0.494 e. The Labute approximate surface area is 163 Å². The molecular weight excluding hydrogens is 390 g/mol. The molecule has 0 saturated carbocycles. The molecular formula is C18H20ClN3O4S. The van der Waals surface area contributed by atoms with Crippen LogP contribution in [0.2, 0.25) is 5.15 Å². The highest BCUT2D eigenvalue weighted by Gasteiger charge is 2.30. The first-order valence-corrected chi connectivity index (χ1v) is 10.4. The molecule has 0 atom stereocenters. The molecule has 0 spiro atoms. The van der Waals surface area contributed by atoms with Crippen LogP contribution in [0.4, 0.5) is 0 Å². The SMILES string of the molecule is CCOc1ccc(S(=O)(=O)N2CCN(C(=O)c3ccc(Cl)nc3)CC2)cc1. The number of hydrogen-bond donors (Lipinski definition) is 0. The summed E-state index contributed by atoms with van der Waals surface area (Å²) in [6.45, 7) is 3.50. The zero-order chi connectivity index (χ0) is 19.4. The number of sulfonamides is 1. The van der Waals surface area contributed by atoms with E-state index in [-0.39, 0.29) is 23.9 Å². The largest absolute Gasteiger partial charge is 0.494 e. The summed E-state index contributed by atoms with van der Waals surface area (Å²) in [4.78, 5) is 18.2. The van der Waals surface area contributed by atoms with E-state index in [2.05, 4.69) is 4.98 Å². The van der Waals surface area contributed by atoms with Gasteiger partial charge in [-0.3, -0.25) is 4.79 Å². The quantitative estimate of drug-likeness (QED) is 0.708. The fourth-order valence-electron chi connectivity index (χ4n) is 2.84. The standard InChI is InChI=1S/C18H20ClN3O4S/c1-2-26-15-4-6-16(7-5-15)27(24,25)22-11-9-21(10-12-22)18(23)14-3-8-17(19)20-13-14/h3-8,13H,2,9-12H2,1H3. The Kier molecular flexibility index (Phi) is 5.98. The van der Waals surface area contributed by atoms with E-state index in [9.17, 15) is 13.2 Å². The van der Waals surface area contributed by atoms with E-state index in [0.717, 1.165) is 0 Å². The van der Waals surface area contributed by atoms with Crippen molar-refractivity contribution < 1.29 is 17.9 Å². The van der Waals surface area contributed by atoms with Crippen LogP contribution >= 0.6 is 11.6 Å². The maximum Gasteiger partial charge on any atom is 0.255 e. The van der Waals surface area contributed by atoms with Gasteiger partial charge < -0.3 is 9.64 Å². The molecule has 0 unspecified atom stereocenters. The van der Waals surface area contributed by atoms with E-state index >= 15 is 0 Å². The molecule has 0 N–H and O–H groups in total. The Hall–Kier alpha value is -2.16. The minimum absolute atomic E-state index is 0.183. The lowest BCUT2D eigenvalue weighted by atomic mass is 10.2. The lowest BCUT2D eigenvalue weighted by molar-refractivity contribution is 0.0697. The molecule has 1 saturated heterocycles. The first kappa shape index (κ1) is 19.6. The summed E-state index contributed by atoms with van der Waals surface area (Å²) in [5, 5.41) is 0.317. The molecule has 7 nitrogen and oxygen atoms in total. The summed E-state index contributed by atoms with van der Waals surface area (Å²) < 4.78 is 32.3. The van der Waals surface area contributed by atoms with Gasteiger partial charge in [0.05, 0.1) is 17.1 Å². The van der Waals surface area contributed by atoms with E-state index in [4.69, 9.17) is 16.3 Å². The second kappa shape index (κ2) is 8.24. The molecule has 1 fully saturated rings. The van der Waals surface area contributed by atoms with Gasteiger partial charge in [-0.2, -0.15) is 4.31 Å². The monoisotopic (exact) mass is 409 g/mol. The lowest BCUT2D eigenvalue weighted by Gasteiger charge is -2.34. The smallest absolute Gasteiger partial charge is 0.255 e. The molecule has 27 heavy (non-hydrogen) atoms. The normalized spacial score (nSPS) is 15.6. The van der Waals surface area contributed by atoms with Gasteiger partial charge in [-0.1, -0.05) is 11.6 Å².